The molecule has 2 aliphatic rings. The van der Waals surface area contributed by atoms with E-state index in [9.17, 15) is 4.79 Å². The van der Waals surface area contributed by atoms with Gasteiger partial charge >= 0.3 is 0 Å². The SMILES string of the molecule is CN(C)c1ccc(CN2CCc3nc(C4CC4)[nH]c(=O)c3C2)cn1. The minimum atomic E-state index is 0.0488. The minimum absolute atomic E-state index is 0.0488. The van der Waals surface area contributed by atoms with Crippen molar-refractivity contribution in [2.45, 2.75) is 38.3 Å². The smallest absolute Gasteiger partial charge is 0.255 e. The van der Waals surface area contributed by atoms with Crippen molar-refractivity contribution < 1.29 is 0 Å². The summed E-state index contributed by atoms with van der Waals surface area (Å²) in [6, 6.07) is 4.14. The predicted octanol–water partition coefficient (Wildman–Crippen LogP) is 1.67. The largest absolute Gasteiger partial charge is 0.363 e. The highest BCUT2D eigenvalue weighted by Gasteiger charge is 2.29. The number of nitrogens with one attached hydrogen (secondary N) is 1. The van der Waals surface area contributed by atoms with Crippen LogP contribution in [0, 0.1) is 0 Å². The number of anilines is 1. The lowest BCUT2D eigenvalue weighted by molar-refractivity contribution is 0.241. The molecule has 0 atom stereocenters. The van der Waals surface area contributed by atoms with Crippen molar-refractivity contribution in [1.82, 2.24) is 19.9 Å². The van der Waals surface area contributed by atoms with E-state index in [4.69, 9.17) is 4.98 Å². The molecule has 0 radical (unpaired) electrons. The number of hydrogen-bond donors (Lipinski definition) is 1. The molecule has 4 rings (SSSR count). The Kier molecular flexibility index (Phi) is 3.84. The fourth-order valence-corrected chi connectivity index (χ4v) is 3.22. The van der Waals surface area contributed by atoms with Crippen LogP contribution in [0.2, 0.25) is 0 Å². The van der Waals surface area contributed by atoms with Crippen molar-refractivity contribution >= 4 is 5.82 Å². The zero-order valence-corrected chi connectivity index (χ0v) is 14.2. The van der Waals surface area contributed by atoms with E-state index in [2.05, 4.69) is 20.9 Å². The normalized spacial score (nSPS) is 17.6. The summed E-state index contributed by atoms with van der Waals surface area (Å²) in [5, 5.41) is 0. The topological polar surface area (TPSA) is 65.1 Å². The third kappa shape index (κ3) is 3.06. The van der Waals surface area contributed by atoms with Crippen LogP contribution >= 0.6 is 0 Å². The Morgan fingerprint density at radius 1 is 1.33 bits per heavy atom. The van der Waals surface area contributed by atoms with Crippen molar-refractivity contribution in [3.63, 3.8) is 0 Å². The first-order chi connectivity index (χ1) is 11.6. The number of hydrogen-bond acceptors (Lipinski definition) is 5. The molecule has 0 spiro atoms. The van der Waals surface area contributed by atoms with E-state index in [1.165, 1.54) is 5.56 Å². The van der Waals surface area contributed by atoms with Crippen LogP contribution in [-0.2, 0) is 19.5 Å². The third-order valence-corrected chi connectivity index (χ3v) is 4.80. The highest BCUT2D eigenvalue weighted by Crippen LogP contribution is 2.37. The van der Waals surface area contributed by atoms with Gasteiger partial charge in [0.2, 0.25) is 0 Å². The monoisotopic (exact) mass is 325 g/mol. The fraction of sp³-hybridized carbons (Fsp3) is 0.500. The van der Waals surface area contributed by atoms with Gasteiger partial charge in [-0.05, 0) is 24.5 Å². The van der Waals surface area contributed by atoms with Crippen molar-refractivity contribution in [3.05, 3.63) is 51.3 Å². The zero-order chi connectivity index (χ0) is 16.7. The number of fused-ring (bicyclic) bond motifs is 1. The van der Waals surface area contributed by atoms with Crippen LogP contribution in [0.3, 0.4) is 0 Å². The molecule has 1 aliphatic carbocycles. The van der Waals surface area contributed by atoms with Crippen molar-refractivity contribution in [3.8, 4) is 0 Å². The second kappa shape index (κ2) is 6.02. The Labute approximate surface area is 141 Å². The molecule has 6 nitrogen and oxygen atoms in total. The Morgan fingerprint density at radius 3 is 2.83 bits per heavy atom. The predicted molar refractivity (Wildman–Crippen MR) is 93.2 cm³/mol. The summed E-state index contributed by atoms with van der Waals surface area (Å²) in [4.78, 5) is 28.8. The quantitative estimate of drug-likeness (QED) is 0.926. The van der Waals surface area contributed by atoms with E-state index < -0.39 is 0 Å². The summed E-state index contributed by atoms with van der Waals surface area (Å²) in [5.41, 5.74) is 3.05. The summed E-state index contributed by atoms with van der Waals surface area (Å²) in [6.07, 6.45) is 5.08. The molecule has 0 saturated heterocycles. The van der Waals surface area contributed by atoms with Crippen LogP contribution in [0.4, 0.5) is 5.82 Å². The van der Waals surface area contributed by atoms with E-state index in [-0.39, 0.29) is 5.56 Å². The Balaban J connectivity index is 1.49. The highest BCUT2D eigenvalue weighted by atomic mass is 16.1. The van der Waals surface area contributed by atoms with Gasteiger partial charge < -0.3 is 9.88 Å². The zero-order valence-electron chi connectivity index (χ0n) is 14.2. The summed E-state index contributed by atoms with van der Waals surface area (Å²) >= 11 is 0. The van der Waals surface area contributed by atoms with Gasteiger partial charge in [-0.2, -0.15) is 0 Å². The summed E-state index contributed by atoms with van der Waals surface area (Å²) in [7, 11) is 3.97. The Morgan fingerprint density at radius 2 is 2.17 bits per heavy atom. The maximum atomic E-state index is 12.4. The molecule has 6 heteroatoms. The molecule has 1 N–H and O–H groups in total. The molecule has 2 aromatic rings. The summed E-state index contributed by atoms with van der Waals surface area (Å²) in [6.45, 7) is 2.41. The van der Waals surface area contributed by atoms with Crippen molar-refractivity contribution in [2.75, 3.05) is 25.5 Å². The maximum absolute atomic E-state index is 12.4. The highest BCUT2D eigenvalue weighted by molar-refractivity contribution is 5.37. The number of aromatic nitrogens is 3. The number of nitrogens with zero attached hydrogens (tertiary/aromatic N) is 4. The molecular weight excluding hydrogens is 302 g/mol. The van der Waals surface area contributed by atoms with Gasteiger partial charge in [0.25, 0.3) is 5.56 Å². The van der Waals surface area contributed by atoms with E-state index in [1.807, 2.05) is 31.3 Å². The van der Waals surface area contributed by atoms with Crippen LogP contribution in [0.15, 0.2) is 23.1 Å². The van der Waals surface area contributed by atoms with Gasteiger partial charge in [0.1, 0.15) is 11.6 Å². The van der Waals surface area contributed by atoms with Crippen LogP contribution in [0.25, 0.3) is 0 Å². The van der Waals surface area contributed by atoms with Crippen LogP contribution in [0.1, 0.15) is 41.4 Å². The fourth-order valence-electron chi connectivity index (χ4n) is 3.22. The number of aromatic amines is 1. The van der Waals surface area contributed by atoms with Gasteiger partial charge in [-0.15, -0.1) is 0 Å². The molecular formula is C18H23N5O. The molecule has 1 saturated carbocycles. The van der Waals surface area contributed by atoms with Gasteiger partial charge in [-0.25, -0.2) is 9.97 Å². The summed E-state index contributed by atoms with van der Waals surface area (Å²) in [5.74, 6) is 2.34. The third-order valence-electron chi connectivity index (χ3n) is 4.80. The summed E-state index contributed by atoms with van der Waals surface area (Å²) < 4.78 is 0. The maximum Gasteiger partial charge on any atom is 0.255 e. The van der Waals surface area contributed by atoms with Crippen molar-refractivity contribution in [2.24, 2.45) is 0 Å². The average molecular weight is 325 g/mol. The van der Waals surface area contributed by atoms with E-state index in [0.29, 0.717) is 12.5 Å². The lowest BCUT2D eigenvalue weighted by Gasteiger charge is -2.27. The molecule has 126 valence electrons. The standard InChI is InChI=1S/C18H23N5O/c1-22(2)16-6-3-12(9-19-16)10-23-8-7-15-14(11-23)18(24)21-17(20-15)13-4-5-13/h3,6,9,13H,4-5,7-8,10-11H2,1-2H3,(H,20,21,24). The van der Waals surface area contributed by atoms with Gasteiger partial charge in [-0.1, -0.05) is 6.07 Å². The molecule has 2 aromatic heterocycles. The molecule has 24 heavy (non-hydrogen) atoms. The second-order valence-corrected chi connectivity index (χ2v) is 7.03. The molecule has 3 heterocycles. The molecule has 1 fully saturated rings. The van der Waals surface area contributed by atoms with E-state index in [0.717, 1.165) is 55.3 Å². The molecule has 1 aliphatic heterocycles. The van der Waals surface area contributed by atoms with Crippen LogP contribution in [0.5, 0.6) is 0 Å². The first-order valence-electron chi connectivity index (χ1n) is 8.57. The molecule has 0 aromatic carbocycles. The number of pyridine rings is 1. The molecule has 0 amide bonds. The lowest BCUT2D eigenvalue weighted by Crippen LogP contribution is -2.35. The first kappa shape index (κ1) is 15.3. The Hall–Kier alpha value is -2.21. The van der Waals surface area contributed by atoms with Crippen molar-refractivity contribution in [1.29, 1.82) is 0 Å². The number of rotatable bonds is 4. The lowest BCUT2D eigenvalue weighted by atomic mass is 10.1. The van der Waals surface area contributed by atoms with E-state index in [1.54, 1.807) is 0 Å². The minimum Gasteiger partial charge on any atom is -0.363 e. The second-order valence-electron chi connectivity index (χ2n) is 7.03. The van der Waals surface area contributed by atoms with E-state index >= 15 is 0 Å². The van der Waals surface area contributed by atoms with Gasteiger partial charge in [0.05, 0.1) is 11.3 Å². The number of H-pyrrole nitrogens is 1. The van der Waals surface area contributed by atoms with Gasteiger partial charge in [0, 0.05) is 52.3 Å². The average Bonchev–Trinajstić information content (AvgIpc) is 3.41. The van der Waals surface area contributed by atoms with Gasteiger partial charge in [0.15, 0.2) is 0 Å². The molecule has 0 bridgehead atoms. The first-order valence-corrected chi connectivity index (χ1v) is 8.57. The van der Waals surface area contributed by atoms with Crippen LogP contribution < -0.4 is 10.5 Å². The Bertz CT molecular complexity index is 792. The molecule has 0 unspecified atom stereocenters. The van der Waals surface area contributed by atoms with Gasteiger partial charge in [-0.3, -0.25) is 9.69 Å². The van der Waals surface area contributed by atoms with Crippen LogP contribution in [-0.4, -0.2) is 40.5 Å².